The lowest BCUT2D eigenvalue weighted by molar-refractivity contribution is -0.384. The van der Waals surface area contributed by atoms with Crippen LogP contribution in [0.5, 0.6) is 0 Å². The van der Waals surface area contributed by atoms with Gasteiger partial charge in [0.15, 0.2) is 6.10 Å². The van der Waals surface area contributed by atoms with E-state index in [1.807, 2.05) is 19.1 Å². The van der Waals surface area contributed by atoms with E-state index in [-0.39, 0.29) is 22.1 Å². The Kier molecular flexibility index (Phi) is 5.88. The van der Waals surface area contributed by atoms with Gasteiger partial charge in [-0.3, -0.25) is 14.9 Å². The number of nitrogens with zero attached hydrogens (tertiary/aromatic N) is 1. The second kappa shape index (κ2) is 7.90. The monoisotopic (exact) mass is 361 g/mol. The first-order valence-corrected chi connectivity index (χ1v) is 7.99. The number of carbonyl (C=O) groups is 2. The molecule has 2 rings (SSSR count). The van der Waals surface area contributed by atoms with Gasteiger partial charge in [0.2, 0.25) is 5.78 Å². The summed E-state index contributed by atoms with van der Waals surface area (Å²) in [6.45, 7) is 3.47. The minimum atomic E-state index is -1.01. The fourth-order valence-corrected chi connectivity index (χ4v) is 2.45. The molecule has 0 heterocycles. The maximum absolute atomic E-state index is 12.3. The number of aryl methyl sites for hydroxylation is 1. The van der Waals surface area contributed by atoms with Crippen LogP contribution in [0.3, 0.4) is 0 Å². The van der Waals surface area contributed by atoms with Crippen molar-refractivity contribution in [2.24, 2.45) is 0 Å². The highest BCUT2D eigenvalue weighted by Gasteiger charge is 2.22. The van der Waals surface area contributed by atoms with Gasteiger partial charge in [-0.15, -0.1) is 0 Å². The lowest BCUT2D eigenvalue weighted by atomic mass is 10.0. The van der Waals surface area contributed by atoms with E-state index in [4.69, 9.17) is 16.3 Å². The summed E-state index contributed by atoms with van der Waals surface area (Å²) in [5.74, 6) is -1.15. The van der Waals surface area contributed by atoms with Gasteiger partial charge in [0.05, 0.1) is 15.5 Å². The number of esters is 1. The zero-order valence-electron chi connectivity index (χ0n) is 13.7. The summed E-state index contributed by atoms with van der Waals surface area (Å²) in [4.78, 5) is 34.6. The maximum atomic E-state index is 12.3. The van der Waals surface area contributed by atoms with Crippen LogP contribution in [-0.4, -0.2) is 22.8 Å². The number of rotatable bonds is 6. The molecule has 0 fully saturated rings. The SMILES string of the molecule is CCc1ccc(C(=O)C(C)OC(=O)c2ccc([N+](=O)[O-])cc2Cl)cc1. The summed E-state index contributed by atoms with van der Waals surface area (Å²) in [7, 11) is 0. The number of Topliss-reactive ketones (excluding diaryl/α,β-unsaturated/α-hetero) is 1. The van der Waals surface area contributed by atoms with Gasteiger partial charge in [0.25, 0.3) is 5.69 Å². The normalized spacial score (nSPS) is 11.6. The average molecular weight is 362 g/mol. The molecule has 0 amide bonds. The largest absolute Gasteiger partial charge is 0.451 e. The summed E-state index contributed by atoms with van der Waals surface area (Å²) < 4.78 is 5.15. The van der Waals surface area contributed by atoms with Crippen LogP contribution >= 0.6 is 11.6 Å². The molecule has 0 radical (unpaired) electrons. The molecule has 0 spiro atoms. The Hall–Kier alpha value is -2.73. The van der Waals surface area contributed by atoms with Crippen LogP contribution in [0.15, 0.2) is 42.5 Å². The molecule has 7 heteroatoms. The fourth-order valence-electron chi connectivity index (χ4n) is 2.20. The predicted octanol–water partition coefficient (Wildman–Crippen LogP) is 4.24. The number of nitro benzene ring substituents is 1. The Bertz CT molecular complexity index is 817. The van der Waals surface area contributed by atoms with Crippen molar-refractivity contribution < 1.29 is 19.2 Å². The van der Waals surface area contributed by atoms with E-state index in [9.17, 15) is 19.7 Å². The van der Waals surface area contributed by atoms with Gasteiger partial charge < -0.3 is 4.74 Å². The van der Waals surface area contributed by atoms with E-state index in [0.29, 0.717) is 5.56 Å². The molecule has 0 bridgehead atoms. The molecule has 0 saturated carbocycles. The average Bonchev–Trinajstić information content (AvgIpc) is 2.60. The van der Waals surface area contributed by atoms with Gasteiger partial charge >= 0.3 is 5.97 Å². The van der Waals surface area contributed by atoms with E-state index in [1.165, 1.54) is 13.0 Å². The molecular formula is C18H16ClNO5. The van der Waals surface area contributed by atoms with Crippen molar-refractivity contribution in [2.45, 2.75) is 26.4 Å². The number of benzene rings is 2. The zero-order chi connectivity index (χ0) is 18.6. The third kappa shape index (κ3) is 4.42. The lowest BCUT2D eigenvalue weighted by Crippen LogP contribution is -2.24. The summed E-state index contributed by atoms with van der Waals surface area (Å²) >= 11 is 5.89. The first-order chi connectivity index (χ1) is 11.8. The third-order valence-electron chi connectivity index (χ3n) is 3.68. The number of non-ortho nitro benzene ring substituents is 1. The number of hydrogen-bond acceptors (Lipinski definition) is 5. The highest BCUT2D eigenvalue weighted by Crippen LogP contribution is 2.23. The zero-order valence-corrected chi connectivity index (χ0v) is 14.4. The van der Waals surface area contributed by atoms with Crippen LogP contribution in [0, 0.1) is 10.1 Å². The van der Waals surface area contributed by atoms with E-state index in [0.717, 1.165) is 24.1 Å². The summed E-state index contributed by atoms with van der Waals surface area (Å²) in [5.41, 5.74) is 1.26. The van der Waals surface area contributed by atoms with Crippen LogP contribution < -0.4 is 0 Å². The van der Waals surface area contributed by atoms with E-state index in [2.05, 4.69) is 0 Å². The van der Waals surface area contributed by atoms with Crippen LogP contribution in [0.4, 0.5) is 5.69 Å². The Labute approximate surface area is 149 Å². The molecule has 130 valence electrons. The molecule has 2 aromatic carbocycles. The smallest absolute Gasteiger partial charge is 0.340 e. The molecule has 0 N–H and O–H groups in total. The number of hydrogen-bond donors (Lipinski definition) is 0. The minimum absolute atomic E-state index is 0.0340. The molecule has 0 aromatic heterocycles. The quantitative estimate of drug-likeness (QED) is 0.332. The minimum Gasteiger partial charge on any atom is -0.451 e. The van der Waals surface area contributed by atoms with Crippen LogP contribution in [-0.2, 0) is 11.2 Å². The summed E-state index contributed by atoms with van der Waals surface area (Å²) in [6, 6.07) is 10.5. The molecule has 6 nitrogen and oxygen atoms in total. The van der Waals surface area contributed by atoms with Crippen molar-refractivity contribution in [3.63, 3.8) is 0 Å². The molecule has 0 aliphatic rings. The fraction of sp³-hybridized carbons (Fsp3) is 0.222. The second-order valence-electron chi connectivity index (χ2n) is 5.38. The molecule has 1 unspecified atom stereocenters. The molecule has 0 aliphatic heterocycles. The first kappa shape index (κ1) is 18.6. The van der Waals surface area contributed by atoms with Crippen molar-refractivity contribution in [1.29, 1.82) is 0 Å². The Morgan fingerprint density at radius 3 is 2.36 bits per heavy atom. The lowest BCUT2D eigenvalue weighted by Gasteiger charge is -2.13. The standard InChI is InChI=1S/C18H16ClNO5/c1-3-12-4-6-13(7-5-12)17(21)11(2)25-18(22)15-9-8-14(20(23)24)10-16(15)19/h4-11H,3H2,1-2H3. The van der Waals surface area contributed by atoms with Crippen LogP contribution in [0.1, 0.15) is 40.1 Å². The molecule has 2 aromatic rings. The van der Waals surface area contributed by atoms with Gasteiger partial charge in [-0.05, 0) is 25.0 Å². The number of ketones is 1. The first-order valence-electron chi connectivity index (χ1n) is 7.61. The number of carbonyl (C=O) groups excluding carboxylic acids is 2. The van der Waals surface area contributed by atoms with E-state index < -0.39 is 17.0 Å². The molecule has 1 atom stereocenters. The molecule has 0 saturated heterocycles. The van der Waals surface area contributed by atoms with Gasteiger partial charge in [-0.25, -0.2) is 4.79 Å². The Morgan fingerprint density at radius 2 is 1.84 bits per heavy atom. The van der Waals surface area contributed by atoms with Crippen molar-refractivity contribution in [2.75, 3.05) is 0 Å². The van der Waals surface area contributed by atoms with Gasteiger partial charge in [0.1, 0.15) is 0 Å². The van der Waals surface area contributed by atoms with Crippen molar-refractivity contribution in [3.05, 3.63) is 74.3 Å². The van der Waals surface area contributed by atoms with Gasteiger partial charge in [-0.2, -0.15) is 0 Å². The van der Waals surface area contributed by atoms with Crippen LogP contribution in [0.2, 0.25) is 5.02 Å². The highest BCUT2D eigenvalue weighted by molar-refractivity contribution is 6.33. The molecule has 25 heavy (non-hydrogen) atoms. The molecular weight excluding hydrogens is 346 g/mol. The maximum Gasteiger partial charge on any atom is 0.340 e. The summed E-state index contributed by atoms with van der Waals surface area (Å²) in [6.07, 6.45) is -0.149. The Balaban J connectivity index is 2.11. The molecule has 0 aliphatic carbocycles. The topological polar surface area (TPSA) is 86.5 Å². The number of halogens is 1. The Morgan fingerprint density at radius 1 is 1.20 bits per heavy atom. The third-order valence-corrected chi connectivity index (χ3v) is 4.00. The van der Waals surface area contributed by atoms with E-state index in [1.54, 1.807) is 12.1 Å². The van der Waals surface area contributed by atoms with Gasteiger partial charge in [0, 0.05) is 17.7 Å². The van der Waals surface area contributed by atoms with Crippen molar-refractivity contribution in [1.82, 2.24) is 0 Å². The number of nitro groups is 1. The second-order valence-corrected chi connectivity index (χ2v) is 5.79. The van der Waals surface area contributed by atoms with Crippen molar-refractivity contribution >= 4 is 29.0 Å². The van der Waals surface area contributed by atoms with Crippen LogP contribution in [0.25, 0.3) is 0 Å². The van der Waals surface area contributed by atoms with Crippen molar-refractivity contribution in [3.8, 4) is 0 Å². The number of ether oxygens (including phenoxy) is 1. The highest BCUT2D eigenvalue weighted by atomic mass is 35.5. The predicted molar refractivity (Wildman–Crippen MR) is 93.1 cm³/mol. The van der Waals surface area contributed by atoms with Gasteiger partial charge in [-0.1, -0.05) is 42.8 Å². The van der Waals surface area contributed by atoms with E-state index >= 15 is 0 Å². The summed E-state index contributed by atoms with van der Waals surface area (Å²) in [5, 5.41) is 10.6.